The van der Waals surface area contributed by atoms with Crippen LogP contribution in [0.2, 0.25) is 10.0 Å². The third kappa shape index (κ3) is 5.15. The second-order valence-corrected chi connectivity index (χ2v) is 12.9. The second kappa shape index (κ2) is 10.8. The molecule has 1 aliphatic heterocycles. The number of hydrogen-bond acceptors (Lipinski definition) is 7. The molecule has 3 aromatic rings. The number of morpholine rings is 1. The van der Waals surface area contributed by atoms with Crippen LogP contribution in [0.4, 0.5) is 5.00 Å². The molecule has 1 saturated heterocycles. The van der Waals surface area contributed by atoms with Gasteiger partial charge in [0.1, 0.15) is 21.7 Å². The Hall–Kier alpha value is -2.65. The summed E-state index contributed by atoms with van der Waals surface area (Å²) in [7, 11) is -3.97. The van der Waals surface area contributed by atoms with Crippen molar-refractivity contribution in [3.63, 3.8) is 0 Å². The van der Waals surface area contributed by atoms with E-state index in [0.717, 1.165) is 22.4 Å². The van der Waals surface area contributed by atoms with Gasteiger partial charge in [-0.25, -0.2) is 8.42 Å². The third-order valence-corrected chi connectivity index (χ3v) is 10.7. The van der Waals surface area contributed by atoms with Gasteiger partial charge in [-0.05, 0) is 60.6 Å². The van der Waals surface area contributed by atoms with Crippen molar-refractivity contribution in [1.82, 2.24) is 4.31 Å². The van der Waals surface area contributed by atoms with Crippen molar-refractivity contribution in [1.29, 1.82) is 5.26 Å². The molecule has 1 aromatic heterocycles. The molecular weight excluding hydrogens is 569 g/mol. The quantitative estimate of drug-likeness (QED) is 0.422. The van der Waals surface area contributed by atoms with Crippen LogP contribution in [-0.4, -0.2) is 50.0 Å². The summed E-state index contributed by atoms with van der Waals surface area (Å²) < 4.78 is 32.9. The molecule has 1 amide bonds. The molecule has 0 radical (unpaired) electrons. The number of phenolic OH excluding ortho intramolecular Hbond substituents is 1. The number of rotatable bonds is 5. The fraction of sp³-hybridized carbons (Fsp3) is 0.308. The van der Waals surface area contributed by atoms with Gasteiger partial charge < -0.3 is 15.2 Å². The van der Waals surface area contributed by atoms with Crippen LogP contribution in [0.25, 0.3) is 0 Å². The molecule has 0 saturated carbocycles. The van der Waals surface area contributed by atoms with Gasteiger partial charge in [0.25, 0.3) is 5.91 Å². The predicted octanol–water partition coefficient (Wildman–Crippen LogP) is 5.18. The van der Waals surface area contributed by atoms with E-state index in [9.17, 15) is 23.6 Å². The number of hydrogen-bond donors (Lipinski definition) is 2. The Morgan fingerprint density at radius 3 is 2.55 bits per heavy atom. The molecular formula is C26H23Cl2N3O5S2. The van der Waals surface area contributed by atoms with Gasteiger partial charge in [-0.15, -0.1) is 11.3 Å². The van der Waals surface area contributed by atoms with Crippen LogP contribution < -0.4 is 5.32 Å². The van der Waals surface area contributed by atoms with E-state index in [-0.39, 0.29) is 58.5 Å². The molecule has 1 atom stereocenters. The molecule has 2 N–H and O–H groups in total. The van der Waals surface area contributed by atoms with Crippen molar-refractivity contribution in [2.24, 2.45) is 0 Å². The van der Waals surface area contributed by atoms with Gasteiger partial charge in [0.15, 0.2) is 0 Å². The van der Waals surface area contributed by atoms with Crippen LogP contribution in [0.3, 0.4) is 0 Å². The van der Waals surface area contributed by atoms with E-state index >= 15 is 0 Å². The lowest BCUT2D eigenvalue weighted by Crippen LogP contribution is -2.40. The molecule has 0 unspecified atom stereocenters. The Labute approximate surface area is 234 Å². The molecule has 0 spiro atoms. The van der Waals surface area contributed by atoms with Gasteiger partial charge in [-0.3, -0.25) is 4.79 Å². The number of carbonyl (C=O) groups is 1. The number of nitrogens with one attached hydrogen (secondary N) is 1. The summed E-state index contributed by atoms with van der Waals surface area (Å²) in [5.74, 6) is -0.189. The van der Waals surface area contributed by atoms with E-state index < -0.39 is 15.9 Å². The molecule has 12 heteroatoms. The van der Waals surface area contributed by atoms with Crippen molar-refractivity contribution >= 4 is 55.5 Å². The van der Waals surface area contributed by atoms with Crippen molar-refractivity contribution in [3.8, 4) is 11.8 Å². The fourth-order valence-corrected chi connectivity index (χ4v) is 8.34. The average molecular weight is 593 g/mol. The summed E-state index contributed by atoms with van der Waals surface area (Å²) in [6.07, 6.45) is 2.22. The number of nitriles is 1. The zero-order valence-electron chi connectivity index (χ0n) is 20.0. The Balaban J connectivity index is 1.42. The molecule has 2 aromatic carbocycles. The number of anilines is 1. The summed E-state index contributed by atoms with van der Waals surface area (Å²) in [6.45, 7) is 0.900. The summed E-state index contributed by atoms with van der Waals surface area (Å²) in [4.78, 5) is 14.1. The zero-order valence-corrected chi connectivity index (χ0v) is 23.2. The van der Waals surface area contributed by atoms with Crippen LogP contribution >= 0.6 is 34.5 Å². The lowest BCUT2D eigenvalue weighted by atomic mass is 9.83. The van der Waals surface area contributed by atoms with Gasteiger partial charge >= 0.3 is 0 Å². The summed E-state index contributed by atoms with van der Waals surface area (Å²) in [5.41, 5.74) is 2.38. The highest BCUT2D eigenvalue weighted by atomic mass is 35.5. The van der Waals surface area contributed by atoms with E-state index in [1.165, 1.54) is 27.8 Å². The van der Waals surface area contributed by atoms with Crippen LogP contribution in [0.15, 0.2) is 41.3 Å². The van der Waals surface area contributed by atoms with Crippen LogP contribution in [0, 0.1) is 11.3 Å². The number of sulfonamides is 1. The molecule has 8 nitrogen and oxygen atoms in total. The minimum Gasteiger partial charge on any atom is -0.508 e. The third-order valence-electron chi connectivity index (χ3n) is 6.82. The lowest BCUT2D eigenvalue weighted by Gasteiger charge is -2.26. The van der Waals surface area contributed by atoms with Gasteiger partial charge in [0.05, 0.1) is 34.4 Å². The first-order chi connectivity index (χ1) is 18.2. The molecule has 1 fully saturated rings. The van der Waals surface area contributed by atoms with Gasteiger partial charge in [0.2, 0.25) is 10.0 Å². The summed E-state index contributed by atoms with van der Waals surface area (Å²) in [5, 5.41) is 22.6. The minimum absolute atomic E-state index is 0.000601. The molecule has 1 aliphatic carbocycles. The maximum absolute atomic E-state index is 13.3. The number of carbonyl (C=O) groups excluding carboxylic acids is 1. The van der Waals surface area contributed by atoms with E-state index in [4.69, 9.17) is 27.9 Å². The van der Waals surface area contributed by atoms with Crippen LogP contribution in [-0.2, 0) is 27.6 Å². The Morgan fingerprint density at radius 2 is 1.87 bits per heavy atom. The number of phenols is 1. The fourth-order valence-electron chi connectivity index (χ4n) is 4.82. The van der Waals surface area contributed by atoms with Gasteiger partial charge in [-0.1, -0.05) is 35.3 Å². The number of amides is 1. The largest absolute Gasteiger partial charge is 0.508 e. The summed E-state index contributed by atoms with van der Waals surface area (Å²) in [6, 6.07) is 11.8. The second-order valence-electron chi connectivity index (χ2n) is 9.08. The topological polar surface area (TPSA) is 120 Å². The van der Waals surface area contributed by atoms with Gasteiger partial charge in [0, 0.05) is 18.0 Å². The van der Waals surface area contributed by atoms with Crippen molar-refractivity contribution in [2.45, 2.75) is 30.1 Å². The molecule has 38 heavy (non-hydrogen) atoms. The molecule has 0 bridgehead atoms. The monoisotopic (exact) mass is 591 g/mol. The predicted molar refractivity (Wildman–Crippen MR) is 146 cm³/mol. The van der Waals surface area contributed by atoms with Crippen molar-refractivity contribution < 1.29 is 23.1 Å². The van der Waals surface area contributed by atoms with E-state index in [2.05, 4.69) is 11.4 Å². The van der Waals surface area contributed by atoms with Crippen LogP contribution in [0.5, 0.6) is 5.75 Å². The standard InChI is InChI=1S/C26H23Cl2N3O5S2/c27-21-13-22(28)24(38(34,35)31-7-9-36-10-8-31)12-19(21)25(33)30-26-20(14-29)18-6-3-16(11-23(18)37-26)15-1-4-17(32)5-2-15/h1-2,4-5,12-13,16,32H,3,6-11H2,(H,30,33)/t16-/m1/s1. The van der Waals surface area contributed by atoms with Crippen molar-refractivity contribution in [3.05, 3.63) is 73.6 Å². The number of fused-ring (bicyclic) bond motifs is 1. The van der Waals surface area contributed by atoms with Gasteiger partial charge in [-0.2, -0.15) is 9.57 Å². The number of thiophene rings is 1. The lowest BCUT2D eigenvalue weighted by molar-refractivity contribution is 0.0730. The highest BCUT2D eigenvalue weighted by molar-refractivity contribution is 7.89. The smallest absolute Gasteiger partial charge is 0.257 e. The SMILES string of the molecule is N#Cc1c(NC(=O)c2cc(S(=O)(=O)N3CCOCC3)c(Cl)cc2Cl)sc2c1CC[C@@H](c1ccc(O)cc1)C2. The van der Waals surface area contributed by atoms with E-state index in [1.807, 2.05) is 12.1 Å². The first-order valence-corrected chi connectivity index (χ1v) is 14.9. The number of aromatic hydroxyl groups is 1. The average Bonchev–Trinajstić information content (AvgIpc) is 3.25. The summed E-state index contributed by atoms with van der Waals surface area (Å²) >= 11 is 13.9. The Bertz CT molecular complexity index is 1540. The number of benzene rings is 2. The number of nitrogens with zero attached hydrogens (tertiary/aromatic N) is 2. The van der Waals surface area contributed by atoms with E-state index in [0.29, 0.717) is 23.4 Å². The Morgan fingerprint density at radius 1 is 1.16 bits per heavy atom. The van der Waals surface area contributed by atoms with Crippen molar-refractivity contribution in [2.75, 3.05) is 31.6 Å². The maximum atomic E-state index is 13.3. The first kappa shape index (κ1) is 26.9. The molecule has 198 valence electrons. The first-order valence-electron chi connectivity index (χ1n) is 11.9. The number of ether oxygens (including phenoxy) is 1. The molecule has 2 heterocycles. The Kier molecular flexibility index (Phi) is 7.69. The van der Waals surface area contributed by atoms with Crippen LogP contribution in [0.1, 0.15) is 44.3 Å². The maximum Gasteiger partial charge on any atom is 0.257 e. The minimum atomic E-state index is -3.97. The highest BCUT2D eigenvalue weighted by Gasteiger charge is 2.31. The normalized spacial score (nSPS) is 18.0. The zero-order chi connectivity index (χ0) is 27.0. The highest BCUT2D eigenvalue weighted by Crippen LogP contribution is 2.43. The van der Waals surface area contributed by atoms with E-state index in [1.54, 1.807) is 12.1 Å². The number of halogens is 2. The molecule has 5 rings (SSSR count). The molecule has 2 aliphatic rings.